The molecule has 0 saturated carbocycles. The topological polar surface area (TPSA) is 113 Å². The maximum absolute atomic E-state index is 16.9. The first-order valence-corrected chi connectivity index (χ1v) is 16.2. The molecule has 1 spiro atoms. The number of carbonyl (C=O) groups excluding carboxylic acids is 1. The van der Waals surface area contributed by atoms with Crippen LogP contribution in [0.2, 0.25) is 0 Å². The smallest absolute Gasteiger partial charge is 0.407 e. The standard InChI is InChI=1S/C34H35F3N6O4/c1-2-22-25(36)5-4-19-10-21(44)11-23(26(19)22)28-27(37)29-24(13-38-28)30(42-9-7-33(16-42)15-39-32(45)47-17-33)41-31(40-29)46-18-34-6-3-8-43(34)14-20(35)12-34/h4-5,10-11,13,20,44H,2-3,6-9,12,14-18H2,1H3,(H,39,45)/t20-,33?,34+/m1/s1. The molecule has 4 aromatic rings. The summed E-state index contributed by atoms with van der Waals surface area (Å²) in [6.45, 7) is 4.88. The lowest BCUT2D eigenvalue weighted by atomic mass is 9.87. The van der Waals surface area contributed by atoms with Crippen LogP contribution in [0, 0.1) is 17.0 Å². The van der Waals surface area contributed by atoms with E-state index in [2.05, 4.69) is 20.2 Å². The Bertz CT molecular complexity index is 1920. The van der Waals surface area contributed by atoms with E-state index in [9.17, 15) is 18.7 Å². The predicted octanol–water partition coefficient (Wildman–Crippen LogP) is 5.28. The average molecular weight is 649 g/mol. The van der Waals surface area contributed by atoms with Crippen LogP contribution in [0.1, 0.15) is 38.2 Å². The molecule has 1 amide bonds. The van der Waals surface area contributed by atoms with Gasteiger partial charge in [-0.1, -0.05) is 13.0 Å². The van der Waals surface area contributed by atoms with Gasteiger partial charge in [0.25, 0.3) is 0 Å². The number of alkyl halides is 1. The van der Waals surface area contributed by atoms with E-state index >= 15 is 4.39 Å². The van der Waals surface area contributed by atoms with E-state index < -0.39 is 29.4 Å². The number of aryl methyl sites for hydroxylation is 1. The summed E-state index contributed by atoms with van der Waals surface area (Å²) >= 11 is 0. The van der Waals surface area contributed by atoms with Gasteiger partial charge < -0.3 is 24.8 Å². The number of nitrogens with zero attached hydrogens (tertiary/aromatic N) is 5. The van der Waals surface area contributed by atoms with Crippen molar-refractivity contribution in [2.24, 2.45) is 5.41 Å². The monoisotopic (exact) mass is 648 g/mol. The van der Waals surface area contributed by atoms with Gasteiger partial charge in [-0.25, -0.2) is 18.0 Å². The van der Waals surface area contributed by atoms with Crippen molar-refractivity contribution in [3.05, 3.63) is 47.7 Å². The molecule has 6 heterocycles. The third-order valence-electron chi connectivity index (χ3n) is 10.5. The number of benzene rings is 2. The number of halogens is 3. The fourth-order valence-corrected chi connectivity index (χ4v) is 8.15. The Morgan fingerprint density at radius 2 is 2.06 bits per heavy atom. The van der Waals surface area contributed by atoms with Crippen LogP contribution in [0.25, 0.3) is 32.9 Å². The highest BCUT2D eigenvalue weighted by molar-refractivity contribution is 6.01. The van der Waals surface area contributed by atoms with E-state index in [-0.39, 0.29) is 47.2 Å². The minimum Gasteiger partial charge on any atom is -0.508 e. The molecule has 4 saturated heterocycles. The molecule has 4 aliphatic rings. The summed E-state index contributed by atoms with van der Waals surface area (Å²) in [6, 6.07) is 5.75. The zero-order valence-electron chi connectivity index (χ0n) is 26.0. The van der Waals surface area contributed by atoms with Gasteiger partial charge >= 0.3 is 12.1 Å². The SMILES string of the molecule is CCc1c(F)ccc2cc(O)cc(-c3ncc4c(N5CCC6(CNC(=O)OC6)C5)nc(OC[C@@]56CCCN5C[C@H](F)C6)nc4c3F)c12. The fourth-order valence-electron chi connectivity index (χ4n) is 8.15. The number of carbonyl (C=O) groups is 1. The van der Waals surface area contributed by atoms with Crippen molar-refractivity contribution >= 4 is 33.6 Å². The van der Waals surface area contributed by atoms with Crippen molar-refractivity contribution < 1.29 is 32.5 Å². The number of anilines is 1. The van der Waals surface area contributed by atoms with Gasteiger partial charge in [0, 0.05) is 49.8 Å². The lowest BCUT2D eigenvalue weighted by Crippen LogP contribution is -2.48. The van der Waals surface area contributed by atoms with Gasteiger partial charge in [0.05, 0.1) is 10.9 Å². The predicted molar refractivity (Wildman–Crippen MR) is 168 cm³/mol. The van der Waals surface area contributed by atoms with Crippen LogP contribution in [0.15, 0.2) is 30.5 Å². The normalized spacial score (nSPS) is 25.9. The van der Waals surface area contributed by atoms with Gasteiger partial charge in [0.1, 0.15) is 48.0 Å². The van der Waals surface area contributed by atoms with Gasteiger partial charge in [0.15, 0.2) is 5.82 Å². The Kier molecular flexibility index (Phi) is 7.08. The van der Waals surface area contributed by atoms with Crippen molar-refractivity contribution in [1.82, 2.24) is 25.2 Å². The number of aromatic nitrogens is 3. The first-order valence-electron chi connectivity index (χ1n) is 16.2. The molecule has 2 N–H and O–H groups in total. The second-order valence-electron chi connectivity index (χ2n) is 13.4. The molecule has 246 valence electrons. The third-order valence-corrected chi connectivity index (χ3v) is 10.5. The van der Waals surface area contributed by atoms with Crippen LogP contribution in [0.5, 0.6) is 11.8 Å². The molecule has 0 aliphatic carbocycles. The van der Waals surface area contributed by atoms with E-state index in [1.807, 2.05) is 11.8 Å². The van der Waals surface area contributed by atoms with E-state index in [4.69, 9.17) is 14.5 Å². The minimum absolute atomic E-state index is 0.0364. The van der Waals surface area contributed by atoms with Gasteiger partial charge in [0.2, 0.25) is 0 Å². The second-order valence-corrected chi connectivity index (χ2v) is 13.4. The Morgan fingerprint density at radius 3 is 2.87 bits per heavy atom. The molecule has 3 atom stereocenters. The molecule has 10 nitrogen and oxygen atoms in total. The molecule has 4 fully saturated rings. The summed E-state index contributed by atoms with van der Waals surface area (Å²) in [7, 11) is 0. The summed E-state index contributed by atoms with van der Waals surface area (Å²) in [6.07, 6.45) is 3.25. The molecule has 4 aliphatic heterocycles. The summed E-state index contributed by atoms with van der Waals surface area (Å²) < 4.78 is 57.9. The van der Waals surface area contributed by atoms with Crippen LogP contribution in [-0.2, 0) is 11.2 Å². The molecular formula is C34H35F3N6O4. The fraction of sp³-hybridized carbons (Fsp3) is 0.471. The van der Waals surface area contributed by atoms with E-state index in [0.717, 1.165) is 19.4 Å². The van der Waals surface area contributed by atoms with Gasteiger partial charge in [-0.05, 0) is 66.8 Å². The van der Waals surface area contributed by atoms with Crippen molar-refractivity contribution in [2.75, 3.05) is 50.8 Å². The van der Waals surface area contributed by atoms with Crippen molar-refractivity contribution in [3.8, 4) is 23.0 Å². The highest BCUT2D eigenvalue weighted by Crippen LogP contribution is 2.43. The molecule has 8 rings (SSSR count). The van der Waals surface area contributed by atoms with E-state index in [1.165, 1.54) is 24.4 Å². The number of hydrogen-bond donors (Lipinski definition) is 2. The summed E-state index contributed by atoms with van der Waals surface area (Å²) in [5.41, 5.74) is -0.302. The molecule has 13 heteroatoms. The third kappa shape index (κ3) is 4.97. The number of fused-ring (bicyclic) bond motifs is 3. The maximum Gasteiger partial charge on any atom is 0.407 e. The summed E-state index contributed by atoms with van der Waals surface area (Å²) in [5.74, 6) is -0.876. The number of rotatable bonds is 6. The van der Waals surface area contributed by atoms with Crippen LogP contribution in [0.3, 0.4) is 0 Å². The highest BCUT2D eigenvalue weighted by atomic mass is 19.1. The maximum atomic E-state index is 16.9. The number of cyclic esters (lactones) is 1. The number of phenolic OH excluding ortho intramolecular Hbond substituents is 1. The van der Waals surface area contributed by atoms with E-state index in [0.29, 0.717) is 73.0 Å². The van der Waals surface area contributed by atoms with Crippen molar-refractivity contribution in [2.45, 2.75) is 50.7 Å². The Hall–Kier alpha value is -4.39. The van der Waals surface area contributed by atoms with Crippen molar-refractivity contribution in [1.29, 1.82) is 0 Å². The first-order chi connectivity index (χ1) is 22.7. The first kappa shape index (κ1) is 30.0. The van der Waals surface area contributed by atoms with Crippen LogP contribution in [-0.4, -0.2) is 88.7 Å². The summed E-state index contributed by atoms with van der Waals surface area (Å²) in [5, 5.41) is 14.7. The Morgan fingerprint density at radius 1 is 1.19 bits per heavy atom. The number of amides is 1. The second kappa shape index (κ2) is 11.1. The number of pyridine rings is 1. The molecule has 1 unspecified atom stereocenters. The van der Waals surface area contributed by atoms with Crippen LogP contribution < -0.4 is 15.0 Å². The zero-order valence-corrected chi connectivity index (χ0v) is 26.0. The molecule has 47 heavy (non-hydrogen) atoms. The molecule has 0 radical (unpaired) electrons. The number of nitrogens with one attached hydrogen (secondary N) is 1. The summed E-state index contributed by atoms with van der Waals surface area (Å²) in [4.78, 5) is 29.7. The molecule has 2 aromatic carbocycles. The van der Waals surface area contributed by atoms with Crippen LogP contribution >= 0.6 is 0 Å². The Balaban J connectivity index is 1.25. The number of ether oxygens (including phenoxy) is 2. The number of aromatic hydroxyl groups is 1. The molecular weight excluding hydrogens is 613 g/mol. The average Bonchev–Trinajstić information content (AvgIpc) is 3.74. The van der Waals surface area contributed by atoms with Gasteiger partial charge in [-0.15, -0.1) is 0 Å². The zero-order chi connectivity index (χ0) is 32.5. The van der Waals surface area contributed by atoms with Crippen molar-refractivity contribution in [3.63, 3.8) is 0 Å². The number of hydrogen-bond acceptors (Lipinski definition) is 9. The lowest BCUT2D eigenvalue weighted by Gasteiger charge is -2.33. The number of alkyl carbamates (subject to hydrolysis) is 1. The lowest BCUT2D eigenvalue weighted by molar-refractivity contribution is 0.0614. The largest absolute Gasteiger partial charge is 0.508 e. The Labute approximate surface area is 268 Å². The minimum atomic E-state index is -0.938. The quantitative estimate of drug-likeness (QED) is 0.288. The van der Waals surface area contributed by atoms with Gasteiger partial charge in [-0.3, -0.25) is 9.88 Å². The molecule has 2 aromatic heterocycles. The van der Waals surface area contributed by atoms with E-state index in [1.54, 1.807) is 6.07 Å². The van der Waals surface area contributed by atoms with Crippen LogP contribution in [0.4, 0.5) is 23.8 Å². The van der Waals surface area contributed by atoms with Gasteiger partial charge in [-0.2, -0.15) is 9.97 Å². The molecule has 0 bridgehead atoms. The highest BCUT2D eigenvalue weighted by Gasteiger charge is 2.49. The number of phenols is 1.